The maximum absolute atomic E-state index is 12.8. The Morgan fingerprint density at radius 2 is 2.15 bits per heavy atom. The zero-order valence-electron chi connectivity index (χ0n) is 16.9. The van der Waals surface area contributed by atoms with Crippen molar-refractivity contribution in [2.45, 2.75) is 52.1 Å². The lowest BCUT2D eigenvalue weighted by atomic mass is 9.73. The molecule has 3 rings (SSSR count). The summed E-state index contributed by atoms with van der Waals surface area (Å²) >= 11 is 0. The summed E-state index contributed by atoms with van der Waals surface area (Å²) in [5, 5.41) is 0. The van der Waals surface area contributed by atoms with E-state index in [0.29, 0.717) is 25.6 Å². The molecule has 1 aromatic rings. The lowest BCUT2D eigenvalue weighted by molar-refractivity contribution is -0.144. The summed E-state index contributed by atoms with van der Waals surface area (Å²) in [6.45, 7) is 7.63. The molecule has 6 heteroatoms. The van der Waals surface area contributed by atoms with Crippen LogP contribution in [0.4, 0.5) is 0 Å². The third-order valence-corrected chi connectivity index (χ3v) is 6.12. The molecular formula is C21H32N4O2. The number of hydrogen-bond donors (Lipinski definition) is 0. The zero-order chi connectivity index (χ0) is 19.4. The van der Waals surface area contributed by atoms with E-state index in [9.17, 15) is 9.59 Å². The predicted molar refractivity (Wildman–Crippen MR) is 105 cm³/mol. The maximum Gasteiger partial charge on any atom is 0.236 e. The largest absolute Gasteiger partial charge is 0.341 e. The molecule has 2 aliphatic heterocycles. The van der Waals surface area contributed by atoms with Crippen LogP contribution in [0.3, 0.4) is 0 Å². The van der Waals surface area contributed by atoms with Crippen LogP contribution in [0.5, 0.6) is 0 Å². The van der Waals surface area contributed by atoms with Gasteiger partial charge in [0.1, 0.15) is 0 Å². The molecule has 2 amide bonds. The van der Waals surface area contributed by atoms with E-state index in [-0.39, 0.29) is 17.2 Å². The molecule has 2 fully saturated rings. The van der Waals surface area contributed by atoms with Crippen molar-refractivity contribution >= 4 is 11.8 Å². The van der Waals surface area contributed by atoms with Gasteiger partial charge in [-0.1, -0.05) is 6.07 Å². The second-order valence-electron chi connectivity index (χ2n) is 8.54. The third-order valence-electron chi connectivity index (χ3n) is 6.12. The first-order valence-electron chi connectivity index (χ1n) is 10.0. The summed E-state index contributed by atoms with van der Waals surface area (Å²) < 4.78 is 0. The number of likely N-dealkylation sites (tertiary alicyclic amines) is 2. The van der Waals surface area contributed by atoms with E-state index in [1.807, 2.05) is 35.2 Å². The Labute approximate surface area is 162 Å². The third kappa shape index (κ3) is 4.86. The number of aromatic nitrogens is 1. The van der Waals surface area contributed by atoms with Crippen molar-refractivity contribution in [3.8, 4) is 0 Å². The van der Waals surface area contributed by atoms with Crippen LogP contribution in [0.2, 0.25) is 0 Å². The molecule has 2 aliphatic rings. The average molecular weight is 373 g/mol. The second kappa shape index (κ2) is 8.38. The van der Waals surface area contributed by atoms with Crippen LogP contribution in [-0.2, 0) is 16.1 Å². The summed E-state index contributed by atoms with van der Waals surface area (Å²) in [6.07, 6.45) is 7.15. The summed E-state index contributed by atoms with van der Waals surface area (Å²) in [4.78, 5) is 35.5. The molecule has 2 saturated heterocycles. The van der Waals surface area contributed by atoms with Gasteiger partial charge in [-0.15, -0.1) is 0 Å². The van der Waals surface area contributed by atoms with Crippen molar-refractivity contribution in [2.75, 3.05) is 33.2 Å². The topological polar surface area (TPSA) is 56.8 Å². The van der Waals surface area contributed by atoms with Crippen molar-refractivity contribution < 1.29 is 9.59 Å². The van der Waals surface area contributed by atoms with Gasteiger partial charge >= 0.3 is 0 Å². The van der Waals surface area contributed by atoms with Crippen molar-refractivity contribution in [2.24, 2.45) is 5.41 Å². The van der Waals surface area contributed by atoms with Gasteiger partial charge in [0.2, 0.25) is 11.8 Å². The second-order valence-corrected chi connectivity index (χ2v) is 8.54. The first kappa shape index (κ1) is 19.8. The lowest BCUT2D eigenvalue weighted by Gasteiger charge is -2.48. The number of carbonyl (C=O) groups excluding carboxylic acids is 2. The molecule has 0 aliphatic carbocycles. The lowest BCUT2D eigenvalue weighted by Crippen LogP contribution is -2.56. The first-order valence-corrected chi connectivity index (χ1v) is 10.0. The Bertz CT molecular complexity index is 663. The fourth-order valence-corrected chi connectivity index (χ4v) is 4.21. The summed E-state index contributed by atoms with van der Waals surface area (Å²) in [5.41, 5.74) is 1.10. The Hall–Kier alpha value is -1.95. The smallest absolute Gasteiger partial charge is 0.236 e. The van der Waals surface area contributed by atoms with E-state index in [2.05, 4.69) is 23.7 Å². The molecule has 1 spiro atoms. The van der Waals surface area contributed by atoms with E-state index in [1.54, 1.807) is 6.20 Å². The Balaban J connectivity index is 1.65. The number of likely N-dealkylation sites (N-methyl/N-ethyl adjacent to an activating group) is 1. The van der Waals surface area contributed by atoms with Gasteiger partial charge in [0, 0.05) is 56.5 Å². The predicted octanol–water partition coefficient (Wildman–Crippen LogP) is 2.15. The molecule has 6 nitrogen and oxygen atoms in total. The number of piperidine rings is 2. The number of amides is 2. The molecule has 0 aromatic carbocycles. The summed E-state index contributed by atoms with van der Waals surface area (Å²) in [7, 11) is 2.00. The minimum Gasteiger partial charge on any atom is -0.341 e. The highest BCUT2D eigenvalue weighted by molar-refractivity contribution is 5.79. The number of pyridine rings is 1. The van der Waals surface area contributed by atoms with Gasteiger partial charge in [-0.2, -0.15) is 0 Å². The van der Waals surface area contributed by atoms with Gasteiger partial charge < -0.3 is 9.80 Å². The Morgan fingerprint density at radius 3 is 2.85 bits per heavy atom. The van der Waals surface area contributed by atoms with E-state index in [1.165, 1.54) is 0 Å². The zero-order valence-corrected chi connectivity index (χ0v) is 16.9. The maximum atomic E-state index is 12.8. The summed E-state index contributed by atoms with van der Waals surface area (Å²) in [6, 6.07) is 4.28. The van der Waals surface area contributed by atoms with E-state index in [4.69, 9.17) is 0 Å². The highest BCUT2D eigenvalue weighted by atomic mass is 16.2. The monoisotopic (exact) mass is 372 g/mol. The Kier molecular flexibility index (Phi) is 6.15. The molecule has 0 N–H and O–H groups in total. The van der Waals surface area contributed by atoms with Crippen LogP contribution < -0.4 is 0 Å². The van der Waals surface area contributed by atoms with E-state index < -0.39 is 0 Å². The van der Waals surface area contributed by atoms with Crippen LogP contribution >= 0.6 is 0 Å². The van der Waals surface area contributed by atoms with E-state index in [0.717, 1.165) is 44.5 Å². The van der Waals surface area contributed by atoms with Crippen molar-refractivity contribution in [1.29, 1.82) is 0 Å². The number of rotatable bonds is 5. The minimum atomic E-state index is 0.0421. The van der Waals surface area contributed by atoms with Gasteiger partial charge in [0.15, 0.2) is 0 Å². The fraction of sp³-hybridized carbons (Fsp3) is 0.667. The standard InChI is InChI=1S/C21H32N4O2/c1-17(2)23(3)14-20(27)24-11-5-8-21(15-24)9-7-19(26)25(16-21)13-18-6-4-10-22-12-18/h4,6,10,12,17H,5,7-9,11,13-16H2,1-3H3. The Morgan fingerprint density at radius 1 is 1.33 bits per heavy atom. The highest BCUT2D eigenvalue weighted by Gasteiger charge is 2.42. The molecule has 0 radical (unpaired) electrons. The molecule has 148 valence electrons. The van der Waals surface area contributed by atoms with Crippen LogP contribution in [0.15, 0.2) is 24.5 Å². The van der Waals surface area contributed by atoms with Crippen LogP contribution in [0, 0.1) is 5.41 Å². The molecule has 3 heterocycles. The molecule has 27 heavy (non-hydrogen) atoms. The number of hydrogen-bond acceptors (Lipinski definition) is 4. The van der Waals surface area contributed by atoms with Crippen molar-refractivity contribution in [3.63, 3.8) is 0 Å². The quantitative estimate of drug-likeness (QED) is 0.795. The molecule has 1 atom stereocenters. The van der Waals surface area contributed by atoms with Gasteiger partial charge in [0.05, 0.1) is 6.54 Å². The van der Waals surface area contributed by atoms with Crippen LogP contribution in [0.25, 0.3) is 0 Å². The number of carbonyl (C=O) groups is 2. The number of nitrogens with zero attached hydrogens (tertiary/aromatic N) is 4. The fourth-order valence-electron chi connectivity index (χ4n) is 4.21. The molecule has 1 unspecified atom stereocenters. The molecular weight excluding hydrogens is 340 g/mol. The average Bonchev–Trinajstić information content (AvgIpc) is 2.66. The van der Waals surface area contributed by atoms with Crippen molar-refractivity contribution in [3.05, 3.63) is 30.1 Å². The SMILES string of the molecule is CC(C)N(C)CC(=O)N1CCCC2(CCC(=O)N(Cc3cccnc3)C2)C1. The van der Waals surface area contributed by atoms with Crippen molar-refractivity contribution in [1.82, 2.24) is 19.7 Å². The summed E-state index contributed by atoms with van der Waals surface area (Å²) in [5.74, 6) is 0.424. The normalized spacial score (nSPS) is 23.5. The van der Waals surface area contributed by atoms with Gasteiger partial charge in [-0.25, -0.2) is 0 Å². The van der Waals surface area contributed by atoms with Gasteiger partial charge in [0.25, 0.3) is 0 Å². The van der Waals surface area contributed by atoms with E-state index >= 15 is 0 Å². The molecule has 1 aromatic heterocycles. The highest BCUT2D eigenvalue weighted by Crippen LogP contribution is 2.39. The molecule has 0 bridgehead atoms. The van der Waals surface area contributed by atoms with Gasteiger partial charge in [-0.05, 0) is 51.8 Å². The van der Waals surface area contributed by atoms with Crippen LogP contribution in [-0.4, -0.2) is 70.8 Å². The minimum absolute atomic E-state index is 0.0421. The van der Waals surface area contributed by atoms with Gasteiger partial charge in [-0.3, -0.25) is 19.5 Å². The van der Waals surface area contributed by atoms with Crippen LogP contribution in [0.1, 0.15) is 45.1 Å². The first-order chi connectivity index (χ1) is 12.9. The molecule has 0 saturated carbocycles.